The predicted octanol–water partition coefficient (Wildman–Crippen LogP) is -1.40. The van der Waals surface area contributed by atoms with E-state index in [1.807, 2.05) is 6.08 Å². The second-order valence-corrected chi connectivity index (χ2v) is 10.9. The summed E-state index contributed by atoms with van der Waals surface area (Å²) in [5.74, 6) is -0.431. The molecule has 0 aromatic carbocycles. The fraction of sp³-hybridized carbons (Fsp3) is 0.828. The summed E-state index contributed by atoms with van der Waals surface area (Å²) in [6.45, 7) is 3.85. The van der Waals surface area contributed by atoms with Crippen molar-refractivity contribution >= 4 is 17.6 Å². The van der Waals surface area contributed by atoms with Crippen LogP contribution < -0.4 is 45.9 Å². The van der Waals surface area contributed by atoms with Crippen LogP contribution in [0.5, 0.6) is 0 Å². The molecule has 3 unspecified atom stereocenters. The maximum absolute atomic E-state index is 13.3. The molecule has 16 N–H and O–H groups in total. The van der Waals surface area contributed by atoms with E-state index in [1.54, 1.807) is 9.80 Å². The average molecular weight is 599 g/mol. The Morgan fingerprint density at radius 2 is 0.952 bits per heavy atom. The number of nitrogens with zero attached hydrogens (tertiary/aromatic N) is 2. The lowest BCUT2D eigenvalue weighted by Crippen LogP contribution is -2.46. The second-order valence-electron chi connectivity index (χ2n) is 10.9. The molecule has 0 aromatic rings. The smallest absolute Gasteiger partial charge is 0.239 e. The van der Waals surface area contributed by atoms with Crippen molar-refractivity contribution in [1.82, 2.24) is 9.80 Å². The molecular weight excluding hydrogens is 536 g/mol. The number of Topliss-reactive ketones (excluding diaryl/α,β-unsaturated/α-hetero) is 1. The Kier molecular flexibility index (Phi) is 24.3. The topological polar surface area (TPSA) is 266 Å². The zero-order valence-electron chi connectivity index (χ0n) is 25.9. The van der Waals surface area contributed by atoms with Gasteiger partial charge in [0.2, 0.25) is 11.8 Å². The normalized spacial score (nSPS) is 14.0. The van der Waals surface area contributed by atoms with Crippen LogP contribution in [0.25, 0.3) is 0 Å². The van der Waals surface area contributed by atoms with Gasteiger partial charge < -0.3 is 55.7 Å². The van der Waals surface area contributed by atoms with Gasteiger partial charge in [-0.2, -0.15) is 0 Å². The van der Waals surface area contributed by atoms with Gasteiger partial charge in [0.1, 0.15) is 0 Å². The maximum atomic E-state index is 13.3. The summed E-state index contributed by atoms with van der Waals surface area (Å²) < 4.78 is 0. The van der Waals surface area contributed by atoms with Gasteiger partial charge in [-0.15, -0.1) is 0 Å². The number of carbonyl (C=O) groups is 3. The molecule has 0 heterocycles. The van der Waals surface area contributed by atoms with Crippen LogP contribution in [0, 0.1) is 0 Å². The number of rotatable bonds is 27. The molecular formula is C29H62N10O3. The van der Waals surface area contributed by atoms with Gasteiger partial charge in [0, 0.05) is 39.3 Å². The highest BCUT2D eigenvalue weighted by Crippen LogP contribution is 2.15. The molecule has 0 radical (unpaired) electrons. The van der Waals surface area contributed by atoms with Gasteiger partial charge in [-0.3, -0.25) is 14.4 Å². The van der Waals surface area contributed by atoms with Crippen LogP contribution >= 0.6 is 0 Å². The van der Waals surface area contributed by atoms with Crippen LogP contribution in [0.4, 0.5) is 0 Å². The zero-order chi connectivity index (χ0) is 31.8. The van der Waals surface area contributed by atoms with E-state index in [1.165, 1.54) is 0 Å². The number of hydrogen-bond donors (Lipinski definition) is 8. The summed E-state index contributed by atoms with van der Waals surface area (Å²) in [6.07, 6.45) is 9.70. The van der Waals surface area contributed by atoms with Crippen molar-refractivity contribution in [3.05, 3.63) is 11.6 Å². The van der Waals surface area contributed by atoms with Crippen molar-refractivity contribution in [2.45, 2.75) is 95.2 Å². The number of ketones is 1. The summed E-state index contributed by atoms with van der Waals surface area (Å²) >= 11 is 0. The summed E-state index contributed by atoms with van der Waals surface area (Å²) in [6, 6.07) is -1.86. The van der Waals surface area contributed by atoms with Gasteiger partial charge >= 0.3 is 0 Å². The average Bonchev–Trinajstić information content (AvgIpc) is 2.98. The Balaban J connectivity index is 5.49. The minimum absolute atomic E-state index is 0.127. The molecule has 246 valence electrons. The van der Waals surface area contributed by atoms with E-state index in [0.29, 0.717) is 103 Å². The molecule has 3 atom stereocenters. The molecule has 0 saturated heterocycles. The third-order valence-electron chi connectivity index (χ3n) is 7.28. The molecule has 0 aliphatic rings. The Hall–Kier alpha value is -1.97. The molecule has 0 fully saturated rings. The second kappa shape index (κ2) is 25.5. The van der Waals surface area contributed by atoms with Gasteiger partial charge in [-0.1, -0.05) is 25.3 Å². The van der Waals surface area contributed by atoms with Crippen LogP contribution in [-0.2, 0) is 14.4 Å². The summed E-state index contributed by atoms with van der Waals surface area (Å²) in [7, 11) is 0. The number of amides is 2. The first-order valence-electron chi connectivity index (χ1n) is 15.8. The molecule has 13 heteroatoms. The zero-order valence-corrected chi connectivity index (χ0v) is 25.9. The van der Waals surface area contributed by atoms with E-state index >= 15 is 0 Å². The van der Waals surface area contributed by atoms with Gasteiger partial charge in [-0.05, 0) is 83.0 Å². The van der Waals surface area contributed by atoms with E-state index in [-0.39, 0.29) is 17.6 Å². The number of nitrogens with two attached hydrogens (primary N) is 8. The first-order chi connectivity index (χ1) is 20.2. The Bertz CT molecular complexity index is 768. The molecule has 0 spiro atoms. The predicted molar refractivity (Wildman–Crippen MR) is 171 cm³/mol. The standard InChI is InChI=1S/C29H62N10O3/c30-14-4-1-11-24(35)27(40)23(9-7-19-38(21-17-33)28(41)25(36)12-2-5-15-31)10-8-20-39(22-18-34)29(42)26(37)13-3-6-16-32/h9,24-26H,1-8,10-22,30-37H2/b23-9-. The first-order valence-corrected chi connectivity index (χ1v) is 15.8. The molecule has 2 amide bonds. The lowest BCUT2D eigenvalue weighted by Gasteiger charge is -2.26. The molecule has 0 saturated carbocycles. The third-order valence-corrected chi connectivity index (χ3v) is 7.28. The molecule has 0 aliphatic heterocycles. The SMILES string of the molecule is NCCCCC(N)C(=O)/C(=C\CCN(CCN)C(=O)C(N)CCCCN)CCCN(CCN)C(=O)C(N)CCCCN. The van der Waals surface area contributed by atoms with Gasteiger partial charge in [0.25, 0.3) is 0 Å². The summed E-state index contributed by atoms with van der Waals surface area (Å²) in [4.78, 5) is 42.5. The monoisotopic (exact) mass is 599 g/mol. The Morgan fingerprint density at radius 1 is 0.524 bits per heavy atom. The first kappa shape index (κ1) is 40.0. The minimum Gasteiger partial charge on any atom is -0.340 e. The van der Waals surface area contributed by atoms with Gasteiger partial charge in [-0.25, -0.2) is 0 Å². The Labute approximate surface area is 253 Å². The van der Waals surface area contributed by atoms with Crippen molar-refractivity contribution < 1.29 is 14.4 Å². The highest BCUT2D eigenvalue weighted by molar-refractivity contribution is 5.99. The lowest BCUT2D eigenvalue weighted by atomic mass is 9.95. The van der Waals surface area contributed by atoms with Crippen molar-refractivity contribution in [3.8, 4) is 0 Å². The number of hydrogen-bond acceptors (Lipinski definition) is 11. The quantitative estimate of drug-likeness (QED) is 0.0402. The maximum Gasteiger partial charge on any atom is 0.239 e. The minimum atomic E-state index is -0.640. The van der Waals surface area contributed by atoms with Crippen molar-refractivity contribution in [3.63, 3.8) is 0 Å². The van der Waals surface area contributed by atoms with Crippen molar-refractivity contribution in [2.24, 2.45) is 45.9 Å². The largest absolute Gasteiger partial charge is 0.340 e. The van der Waals surface area contributed by atoms with E-state index in [0.717, 1.165) is 38.5 Å². The van der Waals surface area contributed by atoms with Crippen molar-refractivity contribution in [2.75, 3.05) is 58.9 Å². The molecule has 13 nitrogen and oxygen atoms in total. The van der Waals surface area contributed by atoms with Crippen LogP contribution in [0.1, 0.15) is 77.0 Å². The van der Waals surface area contributed by atoms with E-state index in [9.17, 15) is 14.4 Å². The fourth-order valence-electron chi connectivity index (χ4n) is 4.77. The van der Waals surface area contributed by atoms with E-state index in [4.69, 9.17) is 45.9 Å². The van der Waals surface area contributed by atoms with Gasteiger partial charge in [0.05, 0.1) is 18.1 Å². The summed E-state index contributed by atoms with van der Waals surface area (Å²) in [5, 5.41) is 0. The molecule has 0 aromatic heterocycles. The molecule has 0 bridgehead atoms. The third kappa shape index (κ3) is 17.2. The van der Waals surface area contributed by atoms with Crippen LogP contribution in [0.2, 0.25) is 0 Å². The lowest BCUT2D eigenvalue weighted by molar-refractivity contribution is -0.133. The van der Waals surface area contributed by atoms with E-state index in [2.05, 4.69) is 0 Å². The molecule has 0 rings (SSSR count). The van der Waals surface area contributed by atoms with Crippen LogP contribution in [0.3, 0.4) is 0 Å². The molecule has 0 aliphatic carbocycles. The van der Waals surface area contributed by atoms with Crippen LogP contribution in [0.15, 0.2) is 11.6 Å². The van der Waals surface area contributed by atoms with E-state index < -0.39 is 18.1 Å². The number of unbranched alkanes of at least 4 members (excludes halogenated alkanes) is 3. The number of carbonyl (C=O) groups excluding carboxylic acids is 3. The van der Waals surface area contributed by atoms with Crippen molar-refractivity contribution in [1.29, 1.82) is 0 Å². The fourth-order valence-corrected chi connectivity index (χ4v) is 4.77. The van der Waals surface area contributed by atoms with Gasteiger partial charge in [0.15, 0.2) is 5.78 Å². The highest BCUT2D eigenvalue weighted by atomic mass is 16.2. The highest BCUT2D eigenvalue weighted by Gasteiger charge is 2.23. The summed E-state index contributed by atoms with van der Waals surface area (Å²) in [5.41, 5.74) is 47.4. The van der Waals surface area contributed by atoms with Crippen LogP contribution in [-0.4, -0.2) is 104 Å². The Morgan fingerprint density at radius 3 is 1.38 bits per heavy atom. The molecule has 42 heavy (non-hydrogen) atoms.